The second-order valence-electron chi connectivity index (χ2n) is 6.93. The summed E-state index contributed by atoms with van der Waals surface area (Å²) in [6.07, 6.45) is 0. The Morgan fingerprint density at radius 2 is 1.14 bits per heavy atom. The molecule has 9 nitrogen and oxygen atoms in total. The normalized spacial score (nSPS) is 11.3. The summed E-state index contributed by atoms with van der Waals surface area (Å²) in [5.74, 6) is -14.5. The topological polar surface area (TPSA) is 124 Å². The van der Waals surface area contributed by atoms with Crippen LogP contribution >= 0.6 is 67.8 Å². The number of esters is 1. The summed E-state index contributed by atoms with van der Waals surface area (Å²) in [5, 5.41) is 0. The van der Waals surface area contributed by atoms with Crippen LogP contribution in [0.4, 0.5) is 28.9 Å². The number of hydrogen-bond acceptors (Lipinski definition) is 7. The van der Waals surface area contributed by atoms with E-state index < -0.39 is 67.4 Å². The lowest BCUT2D eigenvalue weighted by Gasteiger charge is -2.27. The first kappa shape index (κ1) is 30.9. The fourth-order valence-electron chi connectivity index (χ4n) is 2.77. The maximum atomic E-state index is 14.4. The lowest BCUT2D eigenvalue weighted by Crippen LogP contribution is -2.31. The molecule has 0 aliphatic carbocycles. The first-order valence-corrected chi connectivity index (χ1v) is 13.7. The Morgan fingerprint density at radius 1 is 0.778 bits per heavy atom. The van der Waals surface area contributed by atoms with Crippen LogP contribution in [-0.2, 0) is 19.7 Å². The smallest absolute Gasteiger partial charge is 0.346 e. The zero-order valence-corrected chi connectivity index (χ0v) is 25.6. The monoisotopic (exact) mass is 869 g/mol. The van der Waals surface area contributed by atoms with Crippen molar-refractivity contribution >= 4 is 107 Å². The number of ether oxygens (including phenoxy) is 1. The molecule has 0 bridgehead atoms. The molecule has 2 rings (SSSR count). The highest BCUT2D eigenvalue weighted by Gasteiger charge is 2.34. The van der Waals surface area contributed by atoms with E-state index in [4.69, 9.17) is 0 Å². The van der Waals surface area contributed by atoms with Crippen LogP contribution < -0.4 is 14.5 Å². The molecule has 0 aliphatic heterocycles. The molecule has 0 saturated carbocycles. The number of anilines is 2. The third-order valence-electron chi connectivity index (χ3n) is 4.72. The molecule has 17 heteroatoms. The number of carbonyl (C=O) groups is 3. The number of benzene rings is 2. The van der Waals surface area contributed by atoms with Gasteiger partial charge in [-0.25, -0.2) is 22.0 Å². The van der Waals surface area contributed by atoms with E-state index in [-0.39, 0.29) is 18.5 Å². The SMILES string of the molecule is CC(=O)N(C)c1c(I)c(C(=O)Oc2c(F)c(F)c(S(=O)(=O)[O-])c(F)c2F)c(I)c(N(C)C(C)=O)c1I. The standard InChI is InChI=1S/C19H13F4I3N2O7S/c1-5(29)27(3)15-12(24)7(13(25)16(14(15)26)28(4)6(2)30)19(31)35-17-8(20)10(22)18(36(32,33)34)11(23)9(17)21/h1-4H3,(H,32,33,34)/p-1. The van der Waals surface area contributed by atoms with Gasteiger partial charge < -0.3 is 19.1 Å². The minimum Gasteiger partial charge on any atom is -0.744 e. The second-order valence-corrected chi connectivity index (χ2v) is 11.5. The van der Waals surface area contributed by atoms with Crippen molar-refractivity contribution in [1.29, 1.82) is 0 Å². The van der Waals surface area contributed by atoms with Gasteiger partial charge in [0.2, 0.25) is 29.2 Å². The van der Waals surface area contributed by atoms with E-state index in [0.29, 0.717) is 3.57 Å². The van der Waals surface area contributed by atoms with Gasteiger partial charge in [-0.1, -0.05) is 0 Å². The Hall–Kier alpha value is -1.33. The molecular formula is C19H12F4I3N2O7S-. The Labute approximate surface area is 242 Å². The number of hydrogen-bond donors (Lipinski definition) is 0. The van der Waals surface area contributed by atoms with Crippen LogP contribution in [0.2, 0.25) is 0 Å². The maximum Gasteiger partial charge on any atom is 0.346 e. The van der Waals surface area contributed by atoms with Crippen LogP contribution in [-0.4, -0.2) is 44.8 Å². The van der Waals surface area contributed by atoms with E-state index in [9.17, 15) is 44.9 Å². The van der Waals surface area contributed by atoms with Crippen molar-refractivity contribution in [3.05, 3.63) is 39.5 Å². The highest BCUT2D eigenvalue weighted by atomic mass is 127. The average Bonchev–Trinajstić information content (AvgIpc) is 2.74. The molecular weight excluding hydrogens is 857 g/mol. The van der Waals surface area contributed by atoms with Gasteiger partial charge >= 0.3 is 5.97 Å². The summed E-state index contributed by atoms with van der Waals surface area (Å²) >= 11 is 5.11. The fourth-order valence-corrected chi connectivity index (χ4v) is 8.44. The first-order valence-electron chi connectivity index (χ1n) is 9.09. The number of nitrogens with zero attached hydrogens (tertiary/aromatic N) is 2. The molecule has 0 aromatic heterocycles. The summed E-state index contributed by atoms with van der Waals surface area (Å²) in [4.78, 5) is 37.0. The lowest BCUT2D eigenvalue weighted by molar-refractivity contribution is -0.117. The molecule has 0 N–H and O–H groups in total. The molecule has 0 unspecified atom stereocenters. The Kier molecular flexibility index (Phi) is 9.60. The summed E-state index contributed by atoms with van der Waals surface area (Å²) in [6.45, 7) is 2.41. The van der Waals surface area contributed by atoms with E-state index in [0.717, 1.165) is 9.80 Å². The van der Waals surface area contributed by atoms with Gasteiger partial charge in [0, 0.05) is 27.9 Å². The molecule has 0 fully saturated rings. The van der Waals surface area contributed by atoms with Crippen molar-refractivity contribution in [1.82, 2.24) is 0 Å². The molecule has 196 valence electrons. The number of carbonyl (C=O) groups excluding carboxylic acids is 3. The molecule has 0 spiro atoms. The summed E-state index contributed by atoms with van der Waals surface area (Å²) in [5.41, 5.74) is -0.196. The van der Waals surface area contributed by atoms with Crippen LogP contribution in [0.3, 0.4) is 0 Å². The van der Waals surface area contributed by atoms with Crippen molar-refractivity contribution in [2.75, 3.05) is 23.9 Å². The van der Waals surface area contributed by atoms with Gasteiger partial charge in [0.25, 0.3) is 0 Å². The quantitative estimate of drug-likeness (QED) is 0.111. The van der Waals surface area contributed by atoms with Gasteiger partial charge in [0.15, 0.2) is 11.6 Å². The highest BCUT2D eigenvalue weighted by Crippen LogP contribution is 2.43. The molecule has 0 saturated heterocycles. The predicted octanol–water partition coefficient (Wildman–Crippen LogP) is 4.15. The third-order valence-corrected chi connectivity index (χ3v) is 8.70. The number of rotatable bonds is 5. The van der Waals surface area contributed by atoms with E-state index >= 15 is 0 Å². The minimum atomic E-state index is -5.97. The lowest BCUT2D eigenvalue weighted by atomic mass is 10.1. The Balaban J connectivity index is 2.87. The van der Waals surface area contributed by atoms with Crippen molar-refractivity contribution in [2.45, 2.75) is 18.7 Å². The largest absolute Gasteiger partial charge is 0.744 e. The van der Waals surface area contributed by atoms with E-state index in [1.165, 1.54) is 27.9 Å². The Morgan fingerprint density at radius 3 is 1.44 bits per heavy atom. The second kappa shape index (κ2) is 11.2. The molecule has 0 radical (unpaired) electrons. The van der Waals surface area contributed by atoms with Crippen LogP contribution in [0.5, 0.6) is 5.75 Å². The molecule has 2 aromatic rings. The Bertz CT molecular complexity index is 1360. The molecule has 2 aromatic carbocycles. The number of amides is 2. The van der Waals surface area contributed by atoms with Crippen molar-refractivity contribution in [3.63, 3.8) is 0 Å². The van der Waals surface area contributed by atoms with Gasteiger partial charge in [-0.05, 0) is 67.8 Å². The van der Waals surface area contributed by atoms with Gasteiger partial charge in [0.1, 0.15) is 15.0 Å². The zero-order chi connectivity index (χ0) is 28.0. The number of halogens is 7. The highest BCUT2D eigenvalue weighted by molar-refractivity contribution is 14.1. The van der Waals surface area contributed by atoms with Crippen LogP contribution in [0.25, 0.3) is 0 Å². The van der Waals surface area contributed by atoms with Gasteiger partial charge in [0.05, 0.1) is 27.6 Å². The minimum absolute atomic E-state index is 0.0188. The van der Waals surface area contributed by atoms with Gasteiger partial charge in [-0.15, -0.1) is 0 Å². The van der Waals surface area contributed by atoms with E-state index in [1.807, 2.05) is 22.6 Å². The van der Waals surface area contributed by atoms with E-state index in [2.05, 4.69) is 4.74 Å². The van der Waals surface area contributed by atoms with Crippen molar-refractivity contribution in [3.8, 4) is 5.75 Å². The average molecular weight is 869 g/mol. The summed E-state index contributed by atoms with van der Waals surface area (Å²) < 4.78 is 95.2. The van der Waals surface area contributed by atoms with E-state index in [1.54, 1.807) is 45.2 Å². The molecule has 36 heavy (non-hydrogen) atoms. The first-order chi connectivity index (χ1) is 16.4. The van der Waals surface area contributed by atoms with Crippen LogP contribution in [0.15, 0.2) is 4.90 Å². The summed E-state index contributed by atoms with van der Waals surface area (Å²) in [6, 6.07) is 0. The van der Waals surface area contributed by atoms with Gasteiger partial charge in [-0.3, -0.25) is 9.59 Å². The van der Waals surface area contributed by atoms with Crippen molar-refractivity contribution < 1.29 is 49.7 Å². The maximum absolute atomic E-state index is 14.4. The summed E-state index contributed by atoms with van der Waals surface area (Å²) in [7, 11) is -3.26. The van der Waals surface area contributed by atoms with Crippen molar-refractivity contribution in [2.24, 2.45) is 0 Å². The molecule has 0 aliphatic rings. The van der Waals surface area contributed by atoms with Crippen LogP contribution in [0.1, 0.15) is 24.2 Å². The fraction of sp³-hybridized carbons (Fsp3) is 0.211. The van der Waals surface area contributed by atoms with Crippen LogP contribution in [0, 0.1) is 34.0 Å². The third kappa shape index (κ3) is 5.57. The molecule has 0 atom stereocenters. The zero-order valence-electron chi connectivity index (χ0n) is 18.3. The molecule has 0 heterocycles. The molecule has 2 amide bonds. The predicted molar refractivity (Wildman–Crippen MR) is 142 cm³/mol. The van der Waals surface area contributed by atoms with Gasteiger partial charge in [-0.2, -0.15) is 8.78 Å².